The maximum atomic E-state index is 12.7. The van der Waals surface area contributed by atoms with E-state index in [4.69, 9.17) is 0 Å². The van der Waals surface area contributed by atoms with Crippen LogP contribution in [0.4, 0.5) is 13.2 Å². The lowest BCUT2D eigenvalue weighted by atomic mass is 9.63. The number of alkyl halides is 3. The highest BCUT2D eigenvalue weighted by atomic mass is 19.4. The van der Waals surface area contributed by atoms with Gasteiger partial charge in [0.05, 0.1) is 0 Å². The zero-order chi connectivity index (χ0) is 11.3. The molecule has 0 aromatic rings. The number of ketones is 2. The van der Waals surface area contributed by atoms with Crippen LogP contribution >= 0.6 is 0 Å². The van der Waals surface area contributed by atoms with Gasteiger partial charge in [-0.1, -0.05) is 0 Å². The Morgan fingerprint density at radius 1 is 1.40 bits per heavy atom. The predicted molar refractivity (Wildman–Crippen MR) is 45.1 cm³/mol. The summed E-state index contributed by atoms with van der Waals surface area (Å²) in [7, 11) is 0. The number of rotatable bonds is 3. The van der Waals surface area contributed by atoms with Crippen LogP contribution in [0.25, 0.3) is 0 Å². The van der Waals surface area contributed by atoms with E-state index in [1.54, 1.807) is 0 Å². The first-order chi connectivity index (χ1) is 6.87. The third-order valence-corrected chi connectivity index (χ3v) is 3.36. The quantitative estimate of drug-likeness (QED) is 0.731. The molecule has 15 heavy (non-hydrogen) atoms. The Bertz CT molecular complexity index is 317. The second-order valence-electron chi connectivity index (χ2n) is 4.42. The van der Waals surface area contributed by atoms with Gasteiger partial charge in [0, 0.05) is 18.8 Å². The minimum Gasteiger partial charge on any atom is -0.299 e. The van der Waals surface area contributed by atoms with Crippen molar-refractivity contribution in [2.75, 3.05) is 0 Å². The van der Waals surface area contributed by atoms with Crippen LogP contribution in [0.15, 0.2) is 0 Å². The summed E-state index contributed by atoms with van der Waals surface area (Å²) in [5.41, 5.74) is -2.33. The Morgan fingerprint density at radius 2 is 2.00 bits per heavy atom. The number of Topliss-reactive ketones (excluding diaryl/α,β-unsaturated/α-hetero) is 2. The van der Waals surface area contributed by atoms with Crippen LogP contribution in [0.3, 0.4) is 0 Å². The Kier molecular flexibility index (Phi) is 2.17. The molecule has 0 aliphatic heterocycles. The van der Waals surface area contributed by atoms with Gasteiger partial charge < -0.3 is 0 Å². The van der Waals surface area contributed by atoms with Gasteiger partial charge in [-0.3, -0.25) is 9.59 Å². The average molecular weight is 220 g/mol. The largest absolute Gasteiger partial charge is 0.401 e. The van der Waals surface area contributed by atoms with Crippen LogP contribution in [-0.2, 0) is 9.59 Å². The number of carbonyl (C=O) groups is 2. The van der Waals surface area contributed by atoms with E-state index in [0.717, 1.165) is 0 Å². The molecule has 2 nitrogen and oxygen atoms in total. The topological polar surface area (TPSA) is 34.1 Å². The molecule has 2 rings (SSSR count). The van der Waals surface area contributed by atoms with E-state index in [2.05, 4.69) is 0 Å². The molecule has 0 bridgehead atoms. The molecule has 1 unspecified atom stereocenters. The number of hydrogen-bond donors (Lipinski definition) is 0. The summed E-state index contributed by atoms with van der Waals surface area (Å²) in [6.07, 6.45) is -4.08. The Labute approximate surface area is 84.8 Å². The van der Waals surface area contributed by atoms with Gasteiger partial charge in [0.25, 0.3) is 0 Å². The van der Waals surface area contributed by atoms with E-state index < -0.39 is 23.8 Å². The predicted octanol–water partition coefficient (Wildman–Crippen LogP) is 2.27. The molecular formula is C10H11F3O2. The van der Waals surface area contributed by atoms with E-state index in [1.807, 2.05) is 0 Å². The first-order valence-corrected chi connectivity index (χ1v) is 4.99. The lowest BCUT2D eigenvalue weighted by Crippen LogP contribution is -2.53. The standard InChI is InChI=1S/C10H11F3O2/c11-10(12,13)9(4-3-8(9)15)5-7(14)6-1-2-6/h6H,1-5H2. The van der Waals surface area contributed by atoms with E-state index in [-0.39, 0.29) is 24.5 Å². The van der Waals surface area contributed by atoms with E-state index in [1.165, 1.54) is 0 Å². The van der Waals surface area contributed by atoms with Crippen molar-refractivity contribution in [1.82, 2.24) is 0 Å². The number of carbonyl (C=O) groups excluding carboxylic acids is 2. The van der Waals surface area contributed by atoms with Crippen molar-refractivity contribution in [2.45, 2.75) is 38.3 Å². The van der Waals surface area contributed by atoms with Crippen molar-refractivity contribution < 1.29 is 22.8 Å². The van der Waals surface area contributed by atoms with Crippen molar-refractivity contribution in [3.8, 4) is 0 Å². The van der Waals surface area contributed by atoms with Gasteiger partial charge in [-0.05, 0) is 19.3 Å². The van der Waals surface area contributed by atoms with Crippen molar-refractivity contribution in [2.24, 2.45) is 11.3 Å². The molecule has 2 fully saturated rings. The fourth-order valence-electron chi connectivity index (χ4n) is 1.96. The van der Waals surface area contributed by atoms with Crippen LogP contribution in [0.5, 0.6) is 0 Å². The Morgan fingerprint density at radius 3 is 2.27 bits per heavy atom. The highest BCUT2D eigenvalue weighted by molar-refractivity contribution is 5.97. The normalized spacial score (nSPS) is 31.3. The third kappa shape index (κ3) is 1.58. The molecule has 84 valence electrons. The van der Waals surface area contributed by atoms with Gasteiger partial charge in [-0.25, -0.2) is 0 Å². The molecule has 0 heterocycles. The van der Waals surface area contributed by atoms with Gasteiger partial charge >= 0.3 is 6.18 Å². The zero-order valence-corrected chi connectivity index (χ0v) is 8.06. The molecule has 2 aliphatic rings. The first-order valence-electron chi connectivity index (χ1n) is 4.99. The Hall–Kier alpha value is -0.870. The second kappa shape index (κ2) is 3.06. The molecule has 5 heteroatoms. The van der Waals surface area contributed by atoms with Gasteiger partial charge in [0.1, 0.15) is 17.0 Å². The van der Waals surface area contributed by atoms with Gasteiger partial charge in [-0.15, -0.1) is 0 Å². The SMILES string of the molecule is O=C(CC1(C(F)(F)F)CCC1=O)C1CC1. The van der Waals surface area contributed by atoms with Crippen LogP contribution < -0.4 is 0 Å². The van der Waals surface area contributed by atoms with Crippen molar-refractivity contribution in [1.29, 1.82) is 0 Å². The van der Waals surface area contributed by atoms with Crippen molar-refractivity contribution in [3.63, 3.8) is 0 Å². The molecular weight excluding hydrogens is 209 g/mol. The lowest BCUT2D eigenvalue weighted by Gasteiger charge is -2.40. The lowest BCUT2D eigenvalue weighted by molar-refractivity contribution is -0.238. The highest BCUT2D eigenvalue weighted by Gasteiger charge is 2.65. The molecule has 0 aromatic carbocycles. The molecule has 0 radical (unpaired) electrons. The third-order valence-electron chi connectivity index (χ3n) is 3.36. The molecule has 2 aliphatic carbocycles. The molecule has 0 N–H and O–H groups in total. The van der Waals surface area contributed by atoms with Crippen LogP contribution in [0.1, 0.15) is 32.1 Å². The van der Waals surface area contributed by atoms with Crippen LogP contribution in [-0.4, -0.2) is 17.7 Å². The fraction of sp³-hybridized carbons (Fsp3) is 0.800. The molecule has 1 atom stereocenters. The van der Waals surface area contributed by atoms with Gasteiger partial charge in [0.15, 0.2) is 0 Å². The minimum atomic E-state index is -4.56. The summed E-state index contributed by atoms with van der Waals surface area (Å²) in [6, 6.07) is 0. The van der Waals surface area contributed by atoms with E-state index >= 15 is 0 Å². The number of hydrogen-bond acceptors (Lipinski definition) is 2. The minimum absolute atomic E-state index is 0.0442. The molecule has 0 aromatic heterocycles. The second-order valence-corrected chi connectivity index (χ2v) is 4.42. The summed E-state index contributed by atoms with van der Waals surface area (Å²) in [5.74, 6) is -1.41. The maximum absolute atomic E-state index is 12.7. The first kappa shape index (κ1) is 10.6. The van der Waals surface area contributed by atoms with Crippen molar-refractivity contribution >= 4 is 11.6 Å². The monoisotopic (exact) mass is 220 g/mol. The van der Waals surface area contributed by atoms with Gasteiger partial charge in [0.2, 0.25) is 0 Å². The van der Waals surface area contributed by atoms with E-state index in [0.29, 0.717) is 12.8 Å². The number of halogens is 3. The van der Waals surface area contributed by atoms with Gasteiger partial charge in [-0.2, -0.15) is 13.2 Å². The highest BCUT2D eigenvalue weighted by Crippen LogP contribution is 2.54. The summed E-state index contributed by atoms with van der Waals surface area (Å²) >= 11 is 0. The summed E-state index contributed by atoms with van der Waals surface area (Å²) < 4.78 is 38.0. The average Bonchev–Trinajstić information content (AvgIpc) is 2.91. The summed E-state index contributed by atoms with van der Waals surface area (Å²) in [4.78, 5) is 22.5. The van der Waals surface area contributed by atoms with Crippen LogP contribution in [0, 0.1) is 11.3 Å². The van der Waals surface area contributed by atoms with Crippen LogP contribution in [0.2, 0.25) is 0 Å². The van der Waals surface area contributed by atoms with Crippen molar-refractivity contribution in [3.05, 3.63) is 0 Å². The maximum Gasteiger partial charge on any atom is 0.401 e. The fourth-order valence-corrected chi connectivity index (χ4v) is 1.96. The summed E-state index contributed by atoms with van der Waals surface area (Å²) in [5, 5.41) is 0. The Balaban J connectivity index is 2.13. The summed E-state index contributed by atoms with van der Waals surface area (Å²) in [6.45, 7) is 0. The smallest absolute Gasteiger partial charge is 0.299 e. The molecule has 0 spiro atoms. The molecule has 0 saturated heterocycles. The zero-order valence-electron chi connectivity index (χ0n) is 8.06. The van der Waals surface area contributed by atoms with E-state index in [9.17, 15) is 22.8 Å². The molecule has 0 amide bonds. The molecule has 2 saturated carbocycles.